The molecule has 1 aromatic rings. The fourth-order valence-corrected chi connectivity index (χ4v) is 1.59. The van der Waals surface area contributed by atoms with Gasteiger partial charge in [0.15, 0.2) is 0 Å². The number of hydrogen-bond donors (Lipinski definition) is 1. The van der Waals surface area contributed by atoms with E-state index in [-0.39, 0.29) is 5.41 Å². The highest BCUT2D eigenvalue weighted by atomic mass is 35.5. The molecule has 0 aliphatic rings. The molecule has 2 N–H and O–H groups in total. The third-order valence-corrected chi connectivity index (χ3v) is 2.59. The molecule has 0 unspecified atom stereocenters. The molecule has 1 rings (SSSR count). The quantitative estimate of drug-likeness (QED) is 0.810. The minimum Gasteiger partial charge on any atom is -0.330 e. The molecule has 1 aromatic carbocycles. The van der Waals surface area contributed by atoms with E-state index in [0.29, 0.717) is 16.6 Å². The van der Waals surface area contributed by atoms with E-state index in [2.05, 4.69) is 13.8 Å². The van der Waals surface area contributed by atoms with Gasteiger partial charge in [0.05, 0.1) is 0 Å². The number of halogens is 2. The van der Waals surface area contributed by atoms with Gasteiger partial charge in [-0.15, -0.1) is 0 Å². The first-order chi connectivity index (χ1) is 5.95. The molecule has 0 aromatic heterocycles. The molecule has 0 amide bonds. The van der Waals surface area contributed by atoms with E-state index in [1.807, 2.05) is 12.1 Å². The Bertz CT molecular complexity index is 288. The first kappa shape index (κ1) is 10.8. The van der Waals surface area contributed by atoms with Crippen molar-refractivity contribution in [1.82, 2.24) is 0 Å². The highest BCUT2D eigenvalue weighted by Crippen LogP contribution is 2.27. The number of hydrogen-bond acceptors (Lipinski definition) is 1. The first-order valence-electron chi connectivity index (χ1n) is 4.12. The second-order valence-corrected chi connectivity index (χ2v) is 4.62. The van der Waals surface area contributed by atoms with Crippen LogP contribution in [0.3, 0.4) is 0 Å². The topological polar surface area (TPSA) is 26.0 Å². The Balaban J connectivity index is 3.15. The maximum atomic E-state index is 5.89. The van der Waals surface area contributed by atoms with Gasteiger partial charge in [0, 0.05) is 22.0 Å². The summed E-state index contributed by atoms with van der Waals surface area (Å²) in [4.78, 5) is 0. The van der Waals surface area contributed by atoms with E-state index in [1.165, 1.54) is 0 Å². The second-order valence-electron chi connectivity index (χ2n) is 3.75. The highest BCUT2D eigenvalue weighted by molar-refractivity contribution is 6.34. The van der Waals surface area contributed by atoms with Gasteiger partial charge in [0.2, 0.25) is 0 Å². The number of benzene rings is 1. The summed E-state index contributed by atoms with van der Waals surface area (Å²) >= 11 is 11.8. The van der Waals surface area contributed by atoms with E-state index < -0.39 is 0 Å². The monoisotopic (exact) mass is 217 g/mol. The third kappa shape index (κ3) is 2.60. The first-order valence-corrected chi connectivity index (χ1v) is 4.88. The fraction of sp³-hybridized carbons (Fsp3) is 0.400. The molecule has 72 valence electrons. The van der Waals surface area contributed by atoms with Gasteiger partial charge in [-0.25, -0.2) is 0 Å². The van der Waals surface area contributed by atoms with E-state index in [0.717, 1.165) is 5.56 Å². The van der Waals surface area contributed by atoms with Gasteiger partial charge in [-0.05, 0) is 23.8 Å². The summed E-state index contributed by atoms with van der Waals surface area (Å²) in [6.07, 6.45) is 0. The number of nitrogens with two attached hydrogens (primary N) is 1. The van der Waals surface area contributed by atoms with Gasteiger partial charge < -0.3 is 5.73 Å². The number of rotatable bonds is 2. The minimum atomic E-state index is -0.0749. The molecule has 0 fully saturated rings. The Kier molecular flexibility index (Phi) is 3.23. The molecule has 0 saturated carbocycles. The van der Waals surface area contributed by atoms with Gasteiger partial charge in [0.25, 0.3) is 0 Å². The van der Waals surface area contributed by atoms with Gasteiger partial charge in [0.1, 0.15) is 0 Å². The van der Waals surface area contributed by atoms with Crippen LogP contribution >= 0.6 is 23.2 Å². The van der Waals surface area contributed by atoms with E-state index in [9.17, 15) is 0 Å². The molecule has 1 nitrogen and oxygen atoms in total. The van der Waals surface area contributed by atoms with Gasteiger partial charge in [-0.2, -0.15) is 0 Å². The zero-order chi connectivity index (χ0) is 10.1. The SMILES string of the molecule is CC(C)(CN)c1cc(Cl)cc(Cl)c1. The molecule has 0 atom stereocenters. The van der Waals surface area contributed by atoms with E-state index in [1.54, 1.807) is 6.07 Å². The van der Waals surface area contributed by atoms with Crippen LogP contribution in [0.2, 0.25) is 10.0 Å². The summed E-state index contributed by atoms with van der Waals surface area (Å²) in [5, 5.41) is 1.31. The van der Waals surface area contributed by atoms with E-state index in [4.69, 9.17) is 28.9 Å². The Morgan fingerprint density at radius 2 is 1.62 bits per heavy atom. The van der Waals surface area contributed by atoms with Crippen LogP contribution in [-0.4, -0.2) is 6.54 Å². The second kappa shape index (κ2) is 3.87. The maximum absolute atomic E-state index is 5.89. The molecule has 0 bridgehead atoms. The smallest absolute Gasteiger partial charge is 0.0423 e. The molecule has 0 heterocycles. The normalized spacial score (nSPS) is 11.8. The van der Waals surface area contributed by atoms with E-state index >= 15 is 0 Å². The molecule has 0 radical (unpaired) electrons. The zero-order valence-electron chi connectivity index (χ0n) is 7.77. The summed E-state index contributed by atoms with van der Waals surface area (Å²) in [6.45, 7) is 4.70. The van der Waals surface area contributed by atoms with Crippen molar-refractivity contribution in [1.29, 1.82) is 0 Å². The van der Waals surface area contributed by atoms with Crippen molar-refractivity contribution in [2.45, 2.75) is 19.3 Å². The Morgan fingerprint density at radius 1 is 1.15 bits per heavy atom. The lowest BCUT2D eigenvalue weighted by Crippen LogP contribution is -2.27. The van der Waals surface area contributed by atoms with Crippen LogP contribution in [0.1, 0.15) is 19.4 Å². The lowest BCUT2D eigenvalue weighted by Gasteiger charge is -2.23. The predicted molar refractivity (Wildman–Crippen MR) is 58.5 cm³/mol. The molecule has 13 heavy (non-hydrogen) atoms. The van der Waals surface area contributed by atoms with Crippen molar-refractivity contribution in [2.75, 3.05) is 6.54 Å². The Labute approximate surface area is 88.8 Å². The van der Waals surface area contributed by atoms with Gasteiger partial charge >= 0.3 is 0 Å². The summed E-state index contributed by atoms with van der Waals surface area (Å²) in [7, 11) is 0. The van der Waals surface area contributed by atoms with Crippen molar-refractivity contribution < 1.29 is 0 Å². The van der Waals surface area contributed by atoms with Crippen LogP contribution in [0.5, 0.6) is 0 Å². The summed E-state index contributed by atoms with van der Waals surface area (Å²) in [5.74, 6) is 0. The van der Waals surface area contributed by atoms with Crippen molar-refractivity contribution >= 4 is 23.2 Å². The molecule has 0 spiro atoms. The molecular formula is C10H13Cl2N. The maximum Gasteiger partial charge on any atom is 0.0423 e. The van der Waals surface area contributed by atoms with Crippen molar-refractivity contribution in [3.63, 3.8) is 0 Å². The summed E-state index contributed by atoms with van der Waals surface area (Å²) in [5.41, 5.74) is 6.65. The van der Waals surface area contributed by atoms with Gasteiger partial charge in [-0.3, -0.25) is 0 Å². The third-order valence-electron chi connectivity index (χ3n) is 2.15. The molecular weight excluding hydrogens is 205 g/mol. The Hall–Kier alpha value is -0.240. The van der Waals surface area contributed by atoms with Crippen LogP contribution in [0, 0.1) is 0 Å². The van der Waals surface area contributed by atoms with Crippen LogP contribution in [0.25, 0.3) is 0 Å². The Morgan fingerprint density at radius 3 is 2.00 bits per heavy atom. The lowest BCUT2D eigenvalue weighted by molar-refractivity contribution is 0.539. The van der Waals surface area contributed by atoms with Crippen molar-refractivity contribution in [3.05, 3.63) is 33.8 Å². The van der Waals surface area contributed by atoms with Gasteiger partial charge in [-0.1, -0.05) is 37.0 Å². The molecule has 0 saturated heterocycles. The van der Waals surface area contributed by atoms with Crippen molar-refractivity contribution in [3.8, 4) is 0 Å². The minimum absolute atomic E-state index is 0.0749. The summed E-state index contributed by atoms with van der Waals surface area (Å²) < 4.78 is 0. The average Bonchev–Trinajstić information content (AvgIpc) is 2.02. The van der Waals surface area contributed by atoms with Crippen LogP contribution in [0.4, 0.5) is 0 Å². The molecule has 0 aliphatic heterocycles. The largest absolute Gasteiger partial charge is 0.330 e. The molecule has 3 heteroatoms. The zero-order valence-corrected chi connectivity index (χ0v) is 9.28. The highest BCUT2D eigenvalue weighted by Gasteiger charge is 2.19. The standard InChI is InChI=1S/C10H13Cl2N/c1-10(2,6-13)7-3-8(11)5-9(12)4-7/h3-5H,6,13H2,1-2H3. The lowest BCUT2D eigenvalue weighted by atomic mass is 9.85. The average molecular weight is 218 g/mol. The van der Waals surface area contributed by atoms with Crippen LogP contribution < -0.4 is 5.73 Å². The predicted octanol–water partition coefficient (Wildman–Crippen LogP) is 3.23. The molecule has 0 aliphatic carbocycles. The van der Waals surface area contributed by atoms with Crippen LogP contribution in [0.15, 0.2) is 18.2 Å². The van der Waals surface area contributed by atoms with Crippen molar-refractivity contribution in [2.24, 2.45) is 5.73 Å². The summed E-state index contributed by atoms with van der Waals surface area (Å²) in [6, 6.07) is 5.53. The van der Waals surface area contributed by atoms with Crippen LogP contribution in [-0.2, 0) is 5.41 Å². The fourth-order valence-electron chi connectivity index (χ4n) is 1.06.